The summed E-state index contributed by atoms with van der Waals surface area (Å²) in [4.78, 5) is 23.8. The van der Waals surface area contributed by atoms with Gasteiger partial charge in [0.05, 0.1) is 18.6 Å². The molecule has 0 unspecified atom stereocenters. The molecule has 11 heteroatoms. The molecule has 0 radical (unpaired) electrons. The molecule has 3 rings (SSSR count). The van der Waals surface area contributed by atoms with Gasteiger partial charge >= 0.3 is 6.03 Å². The van der Waals surface area contributed by atoms with Gasteiger partial charge in [-0.2, -0.15) is 0 Å². The van der Waals surface area contributed by atoms with Crippen molar-refractivity contribution in [3.05, 3.63) is 60.2 Å². The summed E-state index contributed by atoms with van der Waals surface area (Å²) in [7, 11) is 3.34. The van der Waals surface area contributed by atoms with Crippen LogP contribution in [0.25, 0.3) is 0 Å². The lowest BCUT2D eigenvalue weighted by molar-refractivity contribution is -0.117. The highest BCUT2D eigenvalue weighted by Crippen LogP contribution is 2.19. The molecular weight excluding hydrogens is 425 g/mol. The molecule has 31 heavy (non-hydrogen) atoms. The predicted octanol–water partition coefficient (Wildman–Crippen LogP) is 2.98. The number of carbonyl (C=O) groups excluding carboxylic acids is 2. The Hall–Kier alpha value is -3.60. The number of nitrogens with zero attached hydrogens (tertiary/aromatic N) is 3. The molecule has 0 saturated carbocycles. The number of hydrogen-bond donors (Lipinski definition) is 2. The Bertz CT molecular complexity index is 1060. The van der Waals surface area contributed by atoms with Crippen LogP contribution in [-0.4, -0.2) is 39.6 Å². The van der Waals surface area contributed by atoms with Gasteiger partial charge in [0.2, 0.25) is 5.91 Å². The number of anilines is 1. The molecule has 0 fully saturated rings. The minimum Gasteiger partial charge on any atom is -0.497 e. The van der Waals surface area contributed by atoms with Crippen LogP contribution in [0.15, 0.2) is 53.7 Å². The van der Waals surface area contributed by atoms with Gasteiger partial charge in [-0.15, -0.1) is 10.2 Å². The van der Waals surface area contributed by atoms with E-state index in [9.17, 15) is 14.0 Å². The number of imide groups is 1. The van der Waals surface area contributed by atoms with E-state index < -0.39 is 17.8 Å². The Kier molecular flexibility index (Phi) is 7.44. The normalized spacial score (nSPS) is 10.4. The van der Waals surface area contributed by atoms with Crippen LogP contribution >= 0.6 is 11.8 Å². The molecule has 3 amide bonds. The highest BCUT2D eigenvalue weighted by Gasteiger charge is 2.14. The van der Waals surface area contributed by atoms with Crippen LogP contribution in [0.3, 0.4) is 0 Å². The van der Waals surface area contributed by atoms with E-state index in [2.05, 4.69) is 20.8 Å². The topological polar surface area (TPSA) is 107 Å². The Balaban J connectivity index is 1.47. The molecule has 2 N–H and O–H groups in total. The van der Waals surface area contributed by atoms with Gasteiger partial charge in [0.1, 0.15) is 23.9 Å². The highest BCUT2D eigenvalue weighted by atomic mass is 32.2. The third-order valence-corrected chi connectivity index (χ3v) is 5.08. The number of nitrogens with one attached hydrogen (secondary N) is 2. The monoisotopic (exact) mass is 445 g/mol. The van der Waals surface area contributed by atoms with E-state index in [0.29, 0.717) is 16.7 Å². The Morgan fingerprint density at radius 2 is 1.81 bits per heavy atom. The van der Waals surface area contributed by atoms with Gasteiger partial charge in [0.25, 0.3) is 0 Å². The molecule has 9 nitrogen and oxygen atoms in total. The van der Waals surface area contributed by atoms with Gasteiger partial charge in [0, 0.05) is 7.05 Å². The fourth-order valence-corrected chi connectivity index (χ4v) is 3.16. The van der Waals surface area contributed by atoms with E-state index in [1.807, 2.05) is 0 Å². The molecule has 0 saturated heterocycles. The summed E-state index contributed by atoms with van der Waals surface area (Å²) < 4.78 is 26.0. The first-order valence-electron chi connectivity index (χ1n) is 9.09. The van der Waals surface area contributed by atoms with Gasteiger partial charge in [-0.25, -0.2) is 9.18 Å². The van der Waals surface area contributed by atoms with E-state index in [1.165, 1.54) is 18.2 Å². The zero-order valence-electron chi connectivity index (χ0n) is 16.8. The summed E-state index contributed by atoms with van der Waals surface area (Å²) in [5.74, 6) is 0.719. The molecule has 2 aromatic carbocycles. The van der Waals surface area contributed by atoms with E-state index >= 15 is 0 Å². The van der Waals surface area contributed by atoms with E-state index in [1.54, 1.807) is 49.1 Å². The maximum absolute atomic E-state index is 13.5. The number of carbonyl (C=O) groups is 2. The second kappa shape index (κ2) is 10.4. The van der Waals surface area contributed by atoms with E-state index in [4.69, 9.17) is 9.47 Å². The van der Waals surface area contributed by atoms with Crippen molar-refractivity contribution in [3.63, 3.8) is 0 Å². The molecule has 0 bridgehead atoms. The average Bonchev–Trinajstić information content (AvgIpc) is 3.12. The molecular formula is C20H20FN5O4S. The molecule has 0 spiro atoms. The largest absolute Gasteiger partial charge is 0.497 e. The van der Waals surface area contributed by atoms with Crippen molar-refractivity contribution < 1.29 is 23.5 Å². The lowest BCUT2D eigenvalue weighted by Crippen LogP contribution is -2.35. The fraction of sp³-hybridized carbons (Fsp3) is 0.200. The summed E-state index contributed by atoms with van der Waals surface area (Å²) >= 11 is 1.11. The second-order valence-electron chi connectivity index (χ2n) is 6.19. The van der Waals surface area contributed by atoms with Crippen molar-refractivity contribution in [2.45, 2.75) is 11.8 Å². The van der Waals surface area contributed by atoms with Crippen molar-refractivity contribution in [2.24, 2.45) is 7.05 Å². The van der Waals surface area contributed by atoms with Crippen LogP contribution in [0.2, 0.25) is 0 Å². The summed E-state index contributed by atoms with van der Waals surface area (Å²) in [5.41, 5.74) is -0.0183. The number of hydrogen-bond acceptors (Lipinski definition) is 7. The molecule has 162 valence electrons. The zero-order valence-corrected chi connectivity index (χ0v) is 17.6. The number of benzene rings is 2. The van der Waals surface area contributed by atoms with Gasteiger partial charge in [-0.3, -0.25) is 10.1 Å². The number of rotatable bonds is 8. The van der Waals surface area contributed by atoms with E-state index in [0.717, 1.165) is 17.5 Å². The minimum absolute atomic E-state index is 0.0183. The summed E-state index contributed by atoms with van der Waals surface area (Å²) in [6.45, 7) is 0.188. The highest BCUT2D eigenvalue weighted by molar-refractivity contribution is 7.99. The third kappa shape index (κ3) is 6.19. The number of halogens is 1. The summed E-state index contributed by atoms with van der Waals surface area (Å²) in [6.07, 6.45) is 0. The Morgan fingerprint density at radius 3 is 2.52 bits per heavy atom. The fourth-order valence-electron chi connectivity index (χ4n) is 2.43. The molecule has 3 aromatic rings. The van der Waals surface area contributed by atoms with Gasteiger partial charge < -0.3 is 19.4 Å². The van der Waals surface area contributed by atoms with Crippen molar-refractivity contribution in [2.75, 3.05) is 18.2 Å². The third-order valence-electron chi connectivity index (χ3n) is 4.06. The number of para-hydroxylation sites is 1. The first kappa shape index (κ1) is 22.1. The van der Waals surface area contributed by atoms with Crippen LogP contribution in [0, 0.1) is 5.82 Å². The van der Waals surface area contributed by atoms with Gasteiger partial charge in [-0.1, -0.05) is 23.9 Å². The number of methoxy groups -OCH3 is 1. The standard InChI is InChI=1S/C20H20FN5O4S/c1-26-17(11-30-14-9-7-13(29-2)8-10-14)24-25-20(26)31-12-18(27)23-19(28)22-16-6-4-3-5-15(16)21/h3-10H,11-12H2,1-2H3,(H2,22,23,27,28). The van der Waals surface area contributed by atoms with Crippen molar-refractivity contribution >= 4 is 29.4 Å². The van der Waals surface area contributed by atoms with Gasteiger partial charge in [-0.05, 0) is 36.4 Å². The number of aromatic nitrogens is 3. The van der Waals surface area contributed by atoms with Gasteiger partial charge in [0.15, 0.2) is 11.0 Å². The number of amides is 3. The van der Waals surface area contributed by atoms with Crippen LogP contribution in [-0.2, 0) is 18.4 Å². The number of thioether (sulfide) groups is 1. The van der Waals surface area contributed by atoms with Crippen molar-refractivity contribution in [1.82, 2.24) is 20.1 Å². The smallest absolute Gasteiger partial charge is 0.325 e. The first-order chi connectivity index (χ1) is 15.0. The van der Waals surface area contributed by atoms with Crippen LogP contribution in [0.4, 0.5) is 14.9 Å². The quantitative estimate of drug-likeness (QED) is 0.513. The SMILES string of the molecule is COc1ccc(OCc2nnc(SCC(=O)NC(=O)Nc3ccccc3F)n2C)cc1. The van der Waals surface area contributed by atoms with Crippen LogP contribution in [0.5, 0.6) is 11.5 Å². The molecule has 0 atom stereocenters. The molecule has 0 aliphatic heterocycles. The molecule has 1 aromatic heterocycles. The van der Waals surface area contributed by atoms with E-state index in [-0.39, 0.29) is 18.0 Å². The Morgan fingerprint density at radius 1 is 1.10 bits per heavy atom. The maximum Gasteiger partial charge on any atom is 0.325 e. The predicted molar refractivity (Wildman–Crippen MR) is 113 cm³/mol. The van der Waals surface area contributed by atoms with Crippen LogP contribution < -0.4 is 20.1 Å². The average molecular weight is 445 g/mol. The molecule has 0 aliphatic rings. The number of ether oxygens (including phenoxy) is 2. The lowest BCUT2D eigenvalue weighted by Gasteiger charge is -2.08. The first-order valence-corrected chi connectivity index (χ1v) is 10.1. The number of urea groups is 1. The second-order valence-corrected chi connectivity index (χ2v) is 7.14. The summed E-state index contributed by atoms with van der Waals surface area (Å²) in [5, 5.41) is 13.0. The Labute approximate surface area is 182 Å². The minimum atomic E-state index is -0.817. The molecule has 1 heterocycles. The van der Waals surface area contributed by atoms with Crippen molar-refractivity contribution in [1.29, 1.82) is 0 Å². The maximum atomic E-state index is 13.5. The van der Waals surface area contributed by atoms with Crippen molar-refractivity contribution in [3.8, 4) is 11.5 Å². The summed E-state index contributed by atoms with van der Waals surface area (Å²) in [6, 6.07) is 12.0. The zero-order chi connectivity index (χ0) is 22.2. The van der Waals surface area contributed by atoms with Crippen LogP contribution in [0.1, 0.15) is 5.82 Å². The lowest BCUT2D eigenvalue weighted by atomic mass is 10.3. The molecule has 0 aliphatic carbocycles.